The Labute approximate surface area is 284 Å². The molecule has 12 nitrogen and oxygen atoms in total. The van der Waals surface area contributed by atoms with Crippen LogP contribution in [-0.4, -0.2) is 80.1 Å². The number of aromatic nitrogens is 2. The molecule has 49 heavy (non-hydrogen) atoms. The van der Waals surface area contributed by atoms with Crippen LogP contribution in [0.25, 0.3) is 5.69 Å². The molecule has 0 bridgehead atoms. The van der Waals surface area contributed by atoms with Crippen molar-refractivity contribution >= 4 is 23.9 Å². The number of alkyl carbamates (subject to hydrolysis) is 1. The van der Waals surface area contributed by atoms with Gasteiger partial charge in [-0.2, -0.15) is 5.10 Å². The second-order valence-corrected chi connectivity index (χ2v) is 13.7. The number of carboxylic acid groups (broad SMARTS) is 1. The van der Waals surface area contributed by atoms with Gasteiger partial charge in [-0.15, -0.1) is 0 Å². The van der Waals surface area contributed by atoms with Gasteiger partial charge in [-0.1, -0.05) is 51.1 Å². The molecule has 0 fully saturated rings. The molecule has 1 heterocycles. The molecule has 0 aliphatic carbocycles. The van der Waals surface area contributed by atoms with E-state index in [1.165, 1.54) is 9.58 Å². The van der Waals surface area contributed by atoms with Crippen LogP contribution in [0.15, 0.2) is 54.7 Å². The summed E-state index contributed by atoms with van der Waals surface area (Å²) in [5.41, 5.74) is 0.0288. The second kappa shape index (κ2) is 16.5. The number of hydrogen-bond acceptors (Lipinski definition) is 7. The van der Waals surface area contributed by atoms with Crippen molar-refractivity contribution in [2.45, 2.75) is 78.5 Å². The van der Waals surface area contributed by atoms with Crippen molar-refractivity contribution in [2.75, 3.05) is 19.7 Å². The topological polar surface area (TPSA) is 163 Å². The van der Waals surface area contributed by atoms with Crippen molar-refractivity contribution < 1.29 is 42.9 Å². The van der Waals surface area contributed by atoms with E-state index in [-0.39, 0.29) is 31.6 Å². The summed E-state index contributed by atoms with van der Waals surface area (Å²) in [6.07, 6.45) is 0.465. The van der Waals surface area contributed by atoms with Crippen molar-refractivity contribution in [1.82, 2.24) is 25.3 Å². The first kappa shape index (κ1) is 38.6. The lowest BCUT2D eigenvalue weighted by atomic mass is 9.81. The van der Waals surface area contributed by atoms with E-state index >= 15 is 0 Å². The summed E-state index contributed by atoms with van der Waals surface area (Å²) in [7, 11) is 0. The van der Waals surface area contributed by atoms with Crippen LogP contribution in [-0.2, 0) is 25.5 Å². The maximum absolute atomic E-state index is 15.0. The Morgan fingerprint density at radius 2 is 1.69 bits per heavy atom. The van der Waals surface area contributed by atoms with Crippen molar-refractivity contribution in [2.24, 2.45) is 5.41 Å². The van der Waals surface area contributed by atoms with Crippen LogP contribution in [0.4, 0.5) is 13.6 Å². The van der Waals surface area contributed by atoms with Crippen molar-refractivity contribution in [3.8, 4) is 5.69 Å². The predicted molar refractivity (Wildman–Crippen MR) is 177 cm³/mol. The van der Waals surface area contributed by atoms with Crippen LogP contribution >= 0.6 is 0 Å². The number of carboxylic acids is 1. The quantitative estimate of drug-likeness (QED) is 0.193. The summed E-state index contributed by atoms with van der Waals surface area (Å²) >= 11 is 0. The highest BCUT2D eigenvalue weighted by molar-refractivity contribution is 5.86. The van der Waals surface area contributed by atoms with Gasteiger partial charge in [0.15, 0.2) is 0 Å². The maximum atomic E-state index is 15.0. The lowest BCUT2D eigenvalue weighted by Gasteiger charge is -2.40. The first-order valence-corrected chi connectivity index (χ1v) is 15.9. The Hall–Kier alpha value is -4.85. The summed E-state index contributed by atoms with van der Waals surface area (Å²) in [6, 6.07) is 10.2. The Bertz CT molecular complexity index is 1620. The molecular weight excluding hydrogens is 640 g/mol. The van der Waals surface area contributed by atoms with Gasteiger partial charge in [0.25, 0.3) is 0 Å². The van der Waals surface area contributed by atoms with Crippen LogP contribution in [0.2, 0.25) is 0 Å². The minimum Gasteiger partial charge on any atom is -0.481 e. The van der Waals surface area contributed by atoms with E-state index in [2.05, 4.69) is 10.6 Å². The lowest BCUT2D eigenvalue weighted by molar-refractivity contribution is -0.140. The maximum Gasteiger partial charge on any atom is 0.408 e. The number of rotatable bonds is 14. The minimum atomic E-state index is -1.26. The van der Waals surface area contributed by atoms with Gasteiger partial charge in [-0.25, -0.2) is 18.3 Å². The highest BCUT2D eigenvalue weighted by Crippen LogP contribution is 2.40. The summed E-state index contributed by atoms with van der Waals surface area (Å²) in [4.78, 5) is 51.8. The van der Waals surface area contributed by atoms with E-state index in [0.717, 1.165) is 23.8 Å². The molecular formula is C35H45F2N5O7. The molecule has 3 aromatic rings. The van der Waals surface area contributed by atoms with Gasteiger partial charge in [0.1, 0.15) is 35.6 Å². The number of ether oxygens (including phenoxy) is 1. The molecule has 0 radical (unpaired) electrons. The van der Waals surface area contributed by atoms with Gasteiger partial charge in [-0.05, 0) is 50.3 Å². The first-order chi connectivity index (χ1) is 22.9. The minimum absolute atomic E-state index is 0.145. The molecule has 0 saturated carbocycles. The molecule has 2 aromatic carbocycles. The number of amides is 3. The molecule has 2 atom stereocenters. The number of hydrogen-bond donors (Lipinski definition) is 4. The van der Waals surface area contributed by atoms with Gasteiger partial charge < -0.3 is 30.5 Å². The Balaban J connectivity index is 2.09. The number of benzene rings is 2. The molecule has 4 N–H and O–H groups in total. The van der Waals surface area contributed by atoms with E-state index in [0.29, 0.717) is 17.7 Å². The van der Waals surface area contributed by atoms with Crippen LogP contribution < -0.4 is 10.6 Å². The van der Waals surface area contributed by atoms with Crippen molar-refractivity contribution in [3.63, 3.8) is 0 Å². The SMILES string of the molecule is CC(C)(C)OC(=O)N[C@@H](CCN(C(=O)CO)[C@@H](c1nn(-c2cc(F)ccc2F)cc1Cc1ccccc1)C(C)(C)C)C(=O)NCCC(=O)O. The largest absolute Gasteiger partial charge is 0.481 e. The van der Waals surface area contributed by atoms with E-state index in [4.69, 9.17) is 14.9 Å². The molecule has 3 rings (SSSR count). The van der Waals surface area contributed by atoms with Crippen LogP contribution in [0.1, 0.15) is 77.2 Å². The summed E-state index contributed by atoms with van der Waals surface area (Å²) in [5.74, 6) is -3.94. The average molecular weight is 686 g/mol. The summed E-state index contributed by atoms with van der Waals surface area (Å²) in [5, 5.41) is 28.8. The number of halogens is 2. The monoisotopic (exact) mass is 685 g/mol. The fourth-order valence-electron chi connectivity index (χ4n) is 5.31. The Morgan fingerprint density at radius 3 is 2.29 bits per heavy atom. The van der Waals surface area contributed by atoms with Crippen LogP contribution in [0, 0.1) is 17.0 Å². The molecule has 0 aliphatic heterocycles. The zero-order valence-electron chi connectivity index (χ0n) is 28.6. The molecule has 0 unspecified atom stereocenters. The first-order valence-electron chi connectivity index (χ1n) is 15.9. The summed E-state index contributed by atoms with van der Waals surface area (Å²) in [6.45, 7) is 9.19. The number of nitrogens with zero attached hydrogens (tertiary/aromatic N) is 3. The van der Waals surface area contributed by atoms with E-state index in [1.807, 2.05) is 51.1 Å². The average Bonchev–Trinajstić information content (AvgIpc) is 3.40. The molecule has 266 valence electrons. The zero-order chi connectivity index (χ0) is 36.5. The summed E-state index contributed by atoms with van der Waals surface area (Å²) < 4.78 is 35.8. The van der Waals surface area contributed by atoms with E-state index in [9.17, 15) is 33.1 Å². The number of aliphatic hydroxyl groups is 1. The lowest BCUT2D eigenvalue weighted by Crippen LogP contribution is -2.51. The highest BCUT2D eigenvalue weighted by Gasteiger charge is 2.39. The third-order valence-corrected chi connectivity index (χ3v) is 7.37. The van der Waals surface area contributed by atoms with Gasteiger partial charge in [0.05, 0.1) is 18.2 Å². The van der Waals surface area contributed by atoms with Crippen molar-refractivity contribution in [1.29, 1.82) is 0 Å². The van der Waals surface area contributed by atoms with Crippen LogP contribution in [0.3, 0.4) is 0 Å². The third kappa shape index (κ3) is 11.4. The number of carbonyl (C=O) groups is 4. The third-order valence-electron chi connectivity index (χ3n) is 7.37. The molecule has 0 saturated heterocycles. The van der Waals surface area contributed by atoms with Gasteiger partial charge >= 0.3 is 12.1 Å². The Kier molecular flexibility index (Phi) is 13.0. The van der Waals surface area contributed by atoms with E-state index in [1.54, 1.807) is 27.0 Å². The Morgan fingerprint density at radius 1 is 1.02 bits per heavy atom. The molecule has 1 aromatic heterocycles. The van der Waals surface area contributed by atoms with Crippen LogP contribution in [0.5, 0.6) is 0 Å². The zero-order valence-corrected chi connectivity index (χ0v) is 28.6. The second-order valence-electron chi connectivity index (χ2n) is 13.7. The molecule has 0 spiro atoms. The van der Waals surface area contributed by atoms with Gasteiger partial charge in [0, 0.05) is 37.3 Å². The number of carbonyl (C=O) groups excluding carboxylic acids is 3. The number of aliphatic carboxylic acids is 1. The van der Waals surface area contributed by atoms with Gasteiger partial charge in [0.2, 0.25) is 11.8 Å². The standard InChI is InChI=1S/C35H45F2N5O7/c1-34(2,3)31(30-23(18-22-10-8-7-9-11-22)20-42(40-30)27-19-24(36)12-13-25(27)37)41(28(44)21-43)17-15-26(32(47)38-16-14-29(45)46)39-33(48)49-35(4,5)6/h7-13,19-20,26,31,43H,14-18,21H2,1-6H3,(H,38,47)(H,39,48)(H,45,46)/t26-,31-/m0/s1. The number of aliphatic hydroxyl groups excluding tert-OH is 1. The van der Waals surface area contributed by atoms with Crippen molar-refractivity contribution in [3.05, 3.63) is 83.2 Å². The van der Waals surface area contributed by atoms with Gasteiger partial charge in [-0.3, -0.25) is 14.4 Å². The fourth-order valence-corrected chi connectivity index (χ4v) is 5.31. The normalized spacial score (nSPS) is 12.9. The molecule has 0 aliphatic rings. The highest BCUT2D eigenvalue weighted by atomic mass is 19.1. The molecule has 3 amide bonds. The fraction of sp³-hybridized carbons (Fsp3) is 0.457. The predicted octanol–water partition coefficient (Wildman–Crippen LogP) is 4.52. The number of nitrogens with one attached hydrogen (secondary N) is 2. The smallest absolute Gasteiger partial charge is 0.408 e. The van der Waals surface area contributed by atoms with E-state index < -0.39 is 65.2 Å². The molecule has 14 heteroatoms.